The molecule has 0 radical (unpaired) electrons. The topological polar surface area (TPSA) is 86.0 Å². The number of benzene rings is 1. The van der Waals surface area contributed by atoms with Crippen molar-refractivity contribution in [2.45, 2.75) is 0 Å². The molecular weight excluding hydrogens is 327 g/mol. The van der Waals surface area contributed by atoms with Crippen molar-refractivity contribution >= 4 is 11.8 Å². The fraction of sp³-hybridized carbons (Fsp3) is 0.188. The maximum atomic E-state index is 14.5. The number of carbonyl (C=O) groups is 1. The minimum atomic E-state index is -0.463. The first-order chi connectivity index (χ1) is 12.1. The normalized spacial score (nSPS) is 14.0. The van der Waals surface area contributed by atoms with E-state index in [4.69, 9.17) is 4.74 Å². The SMILES string of the molecule is Cn1nnnc1-c1ccc(-c2ccc(N3CCOC3=O)cc2F)cn1. The number of hydrogen-bond acceptors (Lipinski definition) is 6. The number of amides is 1. The average molecular weight is 340 g/mol. The second kappa shape index (κ2) is 5.93. The average Bonchev–Trinajstić information content (AvgIpc) is 3.23. The lowest BCUT2D eigenvalue weighted by molar-refractivity contribution is 0.181. The molecule has 0 bridgehead atoms. The van der Waals surface area contributed by atoms with Crippen LogP contribution in [-0.4, -0.2) is 44.4 Å². The molecule has 1 aromatic carbocycles. The third-order valence-corrected chi connectivity index (χ3v) is 3.95. The minimum absolute atomic E-state index is 0.310. The predicted molar refractivity (Wildman–Crippen MR) is 86.1 cm³/mol. The van der Waals surface area contributed by atoms with Crippen LogP contribution >= 0.6 is 0 Å². The fourth-order valence-corrected chi connectivity index (χ4v) is 2.67. The predicted octanol–water partition coefficient (Wildman–Crippen LogP) is 2.03. The Hall–Kier alpha value is -3.36. The highest BCUT2D eigenvalue weighted by atomic mass is 19.1. The molecule has 1 saturated heterocycles. The first kappa shape index (κ1) is 15.2. The van der Waals surface area contributed by atoms with Crippen molar-refractivity contribution in [1.82, 2.24) is 25.2 Å². The van der Waals surface area contributed by atoms with Gasteiger partial charge < -0.3 is 4.74 Å². The van der Waals surface area contributed by atoms with E-state index in [1.54, 1.807) is 37.5 Å². The van der Waals surface area contributed by atoms with E-state index in [0.29, 0.717) is 41.5 Å². The summed E-state index contributed by atoms with van der Waals surface area (Å²) in [7, 11) is 1.71. The van der Waals surface area contributed by atoms with Crippen molar-refractivity contribution in [2.24, 2.45) is 7.05 Å². The number of ether oxygens (including phenoxy) is 1. The van der Waals surface area contributed by atoms with E-state index in [1.165, 1.54) is 15.6 Å². The standard InChI is InChI=1S/C16H13FN6O2/c1-22-15(19-20-21-22)14-5-2-10(9-18-14)12-4-3-11(8-13(12)17)23-6-7-25-16(23)24/h2-5,8-9H,6-7H2,1H3. The number of pyridine rings is 1. The molecule has 1 amide bonds. The Kier molecular flexibility index (Phi) is 3.60. The van der Waals surface area contributed by atoms with Crippen LogP contribution in [-0.2, 0) is 11.8 Å². The number of aromatic nitrogens is 5. The molecule has 1 aliphatic rings. The monoisotopic (exact) mass is 340 g/mol. The van der Waals surface area contributed by atoms with Gasteiger partial charge in [0, 0.05) is 24.4 Å². The van der Waals surface area contributed by atoms with Crippen molar-refractivity contribution in [3.05, 3.63) is 42.3 Å². The molecule has 126 valence electrons. The van der Waals surface area contributed by atoms with Crippen LogP contribution in [0.15, 0.2) is 36.5 Å². The van der Waals surface area contributed by atoms with Crippen LogP contribution in [0.1, 0.15) is 0 Å². The van der Waals surface area contributed by atoms with E-state index in [2.05, 4.69) is 20.5 Å². The number of nitrogens with zero attached hydrogens (tertiary/aromatic N) is 6. The number of tetrazole rings is 1. The second-order valence-corrected chi connectivity index (χ2v) is 5.49. The van der Waals surface area contributed by atoms with Crippen molar-refractivity contribution in [3.8, 4) is 22.6 Å². The Morgan fingerprint density at radius 3 is 2.72 bits per heavy atom. The van der Waals surface area contributed by atoms with Crippen LogP contribution in [0.25, 0.3) is 22.6 Å². The Balaban J connectivity index is 1.63. The summed E-state index contributed by atoms with van der Waals surface area (Å²) in [5.41, 5.74) is 2.07. The van der Waals surface area contributed by atoms with E-state index in [1.807, 2.05) is 0 Å². The summed E-state index contributed by atoms with van der Waals surface area (Å²) >= 11 is 0. The van der Waals surface area contributed by atoms with Gasteiger partial charge in [0.2, 0.25) is 0 Å². The summed E-state index contributed by atoms with van der Waals surface area (Å²) in [6, 6.07) is 8.11. The quantitative estimate of drug-likeness (QED) is 0.725. The molecule has 0 unspecified atom stereocenters. The van der Waals surface area contributed by atoms with Crippen molar-refractivity contribution in [3.63, 3.8) is 0 Å². The number of halogens is 1. The molecule has 9 heteroatoms. The summed E-state index contributed by atoms with van der Waals surface area (Å²) in [6.07, 6.45) is 1.10. The molecule has 0 N–H and O–H groups in total. The van der Waals surface area contributed by atoms with Crippen LogP contribution in [0.4, 0.5) is 14.9 Å². The van der Waals surface area contributed by atoms with Gasteiger partial charge in [-0.15, -0.1) is 5.10 Å². The third kappa shape index (κ3) is 2.69. The molecule has 0 atom stereocenters. The van der Waals surface area contributed by atoms with Gasteiger partial charge in [-0.1, -0.05) is 6.07 Å². The Labute approximate surface area is 141 Å². The molecule has 3 aromatic rings. The zero-order valence-corrected chi connectivity index (χ0v) is 13.3. The molecule has 1 fully saturated rings. The number of carbonyl (C=O) groups excluding carboxylic acids is 1. The fourth-order valence-electron chi connectivity index (χ4n) is 2.67. The largest absolute Gasteiger partial charge is 0.447 e. The first-order valence-corrected chi connectivity index (χ1v) is 7.56. The van der Waals surface area contributed by atoms with Crippen molar-refractivity contribution < 1.29 is 13.9 Å². The van der Waals surface area contributed by atoms with Crippen LogP contribution in [0.2, 0.25) is 0 Å². The summed E-state index contributed by atoms with van der Waals surface area (Å²) < 4.78 is 20.9. The Morgan fingerprint density at radius 2 is 2.12 bits per heavy atom. The van der Waals surface area contributed by atoms with Gasteiger partial charge in [0.1, 0.15) is 18.1 Å². The number of hydrogen-bond donors (Lipinski definition) is 0. The molecule has 2 aromatic heterocycles. The molecule has 0 spiro atoms. The summed E-state index contributed by atoms with van der Waals surface area (Å²) in [6.45, 7) is 0.726. The van der Waals surface area contributed by atoms with Gasteiger partial charge in [-0.3, -0.25) is 9.88 Å². The maximum Gasteiger partial charge on any atom is 0.414 e. The lowest BCUT2D eigenvalue weighted by atomic mass is 10.1. The first-order valence-electron chi connectivity index (χ1n) is 7.56. The van der Waals surface area contributed by atoms with Gasteiger partial charge in [0.25, 0.3) is 0 Å². The maximum absolute atomic E-state index is 14.5. The van der Waals surface area contributed by atoms with E-state index in [0.717, 1.165) is 0 Å². The molecule has 25 heavy (non-hydrogen) atoms. The summed E-state index contributed by atoms with van der Waals surface area (Å²) in [5, 5.41) is 11.2. The molecule has 8 nitrogen and oxygen atoms in total. The van der Waals surface area contributed by atoms with E-state index in [-0.39, 0.29) is 0 Å². The second-order valence-electron chi connectivity index (χ2n) is 5.49. The zero-order valence-electron chi connectivity index (χ0n) is 13.3. The van der Waals surface area contributed by atoms with Crippen LogP contribution in [0.3, 0.4) is 0 Å². The van der Waals surface area contributed by atoms with Crippen LogP contribution < -0.4 is 4.90 Å². The minimum Gasteiger partial charge on any atom is -0.447 e. The Morgan fingerprint density at radius 1 is 1.24 bits per heavy atom. The molecule has 4 rings (SSSR count). The van der Waals surface area contributed by atoms with Gasteiger partial charge in [0.15, 0.2) is 5.82 Å². The number of aryl methyl sites for hydroxylation is 1. The summed E-state index contributed by atoms with van der Waals surface area (Å²) in [4.78, 5) is 17.3. The number of cyclic esters (lactones) is 1. The highest BCUT2D eigenvalue weighted by Gasteiger charge is 2.24. The lowest BCUT2D eigenvalue weighted by Crippen LogP contribution is -2.23. The van der Waals surface area contributed by atoms with Crippen molar-refractivity contribution in [2.75, 3.05) is 18.1 Å². The number of rotatable bonds is 3. The highest BCUT2D eigenvalue weighted by molar-refractivity contribution is 5.89. The van der Waals surface area contributed by atoms with Crippen LogP contribution in [0, 0.1) is 5.82 Å². The zero-order chi connectivity index (χ0) is 17.4. The van der Waals surface area contributed by atoms with Crippen LogP contribution in [0.5, 0.6) is 0 Å². The van der Waals surface area contributed by atoms with Gasteiger partial charge in [-0.2, -0.15) is 0 Å². The van der Waals surface area contributed by atoms with Gasteiger partial charge >= 0.3 is 6.09 Å². The molecule has 0 aliphatic carbocycles. The van der Waals surface area contributed by atoms with E-state index < -0.39 is 11.9 Å². The van der Waals surface area contributed by atoms with Crippen molar-refractivity contribution in [1.29, 1.82) is 0 Å². The molecule has 3 heterocycles. The van der Waals surface area contributed by atoms with E-state index >= 15 is 0 Å². The highest BCUT2D eigenvalue weighted by Crippen LogP contribution is 2.28. The Bertz CT molecular complexity index is 940. The van der Waals surface area contributed by atoms with Gasteiger partial charge in [0.05, 0.1) is 12.2 Å². The molecule has 1 aliphatic heterocycles. The molecule has 0 saturated carbocycles. The lowest BCUT2D eigenvalue weighted by Gasteiger charge is -2.14. The van der Waals surface area contributed by atoms with Gasteiger partial charge in [-0.25, -0.2) is 13.9 Å². The van der Waals surface area contributed by atoms with Gasteiger partial charge in [-0.05, 0) is 34.7 Å². The summed E-state index contributed by atoms with van der Waals surface area (Å²) in [5.74, 6) is 0.0852. The third-order valence-electron chi connectivity index (χ3n) is 3.95. The smallest absolute Gasteiger partial charge is 0.414 e. The molecular formula is C16H13FN6O2. The van der Waals surface area contributed by atoms with E-state index in [9.17, 15) is 9.18 Å². The number of anilines is 1.